The van der Waals surface area contributed by atoms with Crippen LogP contribution in [0.4, 0.5) is 0 Å². The van der Waals surface area contributed by atoms with Crippen LogP contribution in [-0.4, -0.2) is 14.8 Å². The molecule has 0 radical (unpaired) electrons. The second kappa shape index (κ2) is 2.66. The minimum absolute atomic E-state index is 0.468. The lowest BCUT2D eigenvalue weighted by molar-refractivity contribution is 0.741. The lowest BCUT2D eigenvalue weighted by Crippen LogP contribution is -1.96. The van der Waals surface area contributed by atoms with Crippen LogP contribution < -0.4 is 5.50 Å². The van der Waals surface area contributed by atoms with Gasteiger partial charge >= 0.3 is 7.86 Å². The molecule has 0 aliphatic carbocycles. The third kappa shape index (κ3) is 1.87. The van der Waals surface area contributed by atoms with Crippen molar-refractivity contribution in [3.05, 3.63) is 12.7 Å². The van der Waals surface area contributed by atoms with E-state index in [1.54, 1.807) is 11.0 Å². The van der Waals surface area contributed by atoms with E-state index in [1.165, 1.54) is 6.33 Å². The summed E-state index contributed by atoms with van der Waals surface area (Å²) in [6.07, 6.45) is 3.45. The summed E-state index contributed by atoms with van der Waals surface area (Å²) in [6.45, 7) is 0. The van der Waals surface area contributed by atoms with Gasteiger partial charge < -0.3 is 0 Å². The fourth-order valence-corrected chi connectivity index (χ4v) is 0.920. The quantitative estimate of drug-likeness (QED) is 0.587. The highest BCUT2D eigenvalue weighted by molar-refractivity contribution is 7.41. The molecule has 0 saturated carbocycles. The molecule has 1 rings (SSSR count). The fourth-order valence-electron chi connectivity index (χ4n) is 0.462. The zero-order valence-electron chi connectivity index (χ0n) is 4.73. The molecule has 0 aliphatic heterocycles. The lowest BCUT2D eigenvalue weighted by atomic mass is 11.2. The number of nitrogens with two attached hydrogens (primary N) is 1. The standard InChI is InChI=1S/C3H7N5P/c4-9(5)3-8-2-6-1-7-8/h1-2H,3H2,(H3,4,5)/q+1. The predicted molar refractivity (Wildman–Crippen MR) is 33.8 cm³/mol. The summed E-state index contributed by atoms with van der Waals surface area (Å²) < 4.78 is 1.55. The Hall–Kier alpha value is -0.800. The molecule has 1 heterocycles. The van der Waals surface area contributed by atoms with Crippen LogP contribution >= 0.6 is 7.86 Å². The van der Waals surface area contributed by atoms with E-state index in [1.807, 2.05) is 0 Å². The molecule has 0 aliphatic rings. The first-order valence-corrected chi connectivity index (χ1v) is 3.94. The van der Waals surface area contributed by atoms with Gasteiger partial charge in [-0.2, -0.15) is 5.10 Å². The van der Waals surface area contributed by atoms with Crippen LogP contribution in [0.2, 0.25) is 0 Å². The molecule has 3 N–H and O–H groups in total. The summed E-state index contributed by atoms with van der Waals surface area (Å²) in [5.74, 6) is 0. The maximum atomic E-state index is 7.01. The summed E-state index contributed by atoms with van der Waals surface area (Å²) in [6, 6.07) is 0. The molecule has 1 unspecified atom stereocenters. The Morgan fingerprint density at radius 3 is 3.00 bits per heavy atom. The SMILES string of the molecule is N=[P+](N)Cn1cncn1. The number of nitrogens with zero attached hydrogens (tertiary/aromatic N) is 3. The largest absolute Gasteiger partial charge is 0.310 e. The molecule has 6 heteroatoms. The van der Waals surface area contributed by atoms with Gasteiger partial charge in [-0.3, -0.25) is 0 Å². The first kappa shape index (κ1) is 6.32. The van der Waals surface area contributed by atoms with Crippen molar-refractivity contribution in [1.82, 2.24) is 14.8 Å². The van der Waals surface area contributed by atoms with Crippen molar-refractivity contribution in [2.45, 2.75) is 6.29 Å². The summed E-state index contributed by atoms with van der Waals surface area (Å²) in [5, 5.41) is 10.8. The second-order valence-corrected chi connectivity index (χ2v) is 2.77. The average molecular weight is 144 g/mol. The van der Waals surface area contributed by atoms with Gasteiger partial charge in [0.15, 0.2) is 0 Å². The van der Waals surface area contributed by atoms with E-state index < -0.39 is 7.86 Å². The van der Waals surface area contributed by atoms with Crippen molar-refractivity contribution in [1.29, 1.82) is 5.16 Å². The van der Waals surface area contributed by atoms with Crippen LogP contribution in [0.25, 0.3) is 0 Å². The molecule has 9 heavy (non-hydrogen) atoms. The van der Waals surface area contributed by atoms with Gasteiger partial charge in [-0.1, -0.05) is 0 Å². The topological polar surface area (TPSA) is 80.6 Å². The number of nitrogens with one attached hydrogen (secondary N) is 1. The maximum Gasteiger partial charge on any atom is 0.310 e. The van der Waals surface area contributed by atoms with Gasteiger partial charge in [-0.15, -0.1) is 10.7 Å². The van der Waals surface area contributed by atoms with E-state index in [0.717, 1.165) is 0 Å². The molecule has 0 saturated heterocycles. The van der Waals surface area contributed by atoms with Gasteiger partial charge in [0, 0.05) is 0 Å². The third-order valence-electron chi connectivity index (χ3n) is 0.764. The van der Waals surface area contributed by atoms with Crippen molar-refractivity contribution < 1.29 is 0 Å². The summed E-state index contributed by atoms with van der Waals surface area (Å²) in [7, 11) is -1.14. The Bertz CT molecular complexity index is 192. The molecule has 0 spiro atoms. The van der Waals surface area contributed by atoms with Gasteiger partial charge in [-0.25, -0.2) is 9.67 Å². The molecule has 1 aromatic heterocycles. The first-order chi connectivity index (χ1) is 4.29. The van der Waals surface area contributed by atoms with Crippen molar-refractivity contribution in [3.63, 3.8) is 0 Å². The Kier molecular flexibility index (Phi) is 1.87. The second-order valence-electron chi connectivity index (χ2n) is 1.55. The highest BCUT2D eigenvalue weighted by atomic mass is 31.1. The van der Waals surface area contributed by atoms with Gasteiger partial charge in [0.05, 0.1) is 0 Å². The van der Waals surface area contributed by atoms with E-state index in [9.17, 15) is 0 Å². The van der Waals surface area contributed by atoms with E-state index in [-0.39, 0.29) is 0 Å². The monoisotopic (exact) mass is 144 g/mol. The Balaban J connectivity index is 2.58. The van der Waals surface area contributed by atoms with Crippen molar-refractivity contribution in [2.75, 3.05) is 0 Å². The number of hydrogen-bond donors (Lipinski definition) is 2. The van der Waals surface area contributed by atoms with E-state index in [0.29, 0.717) is 6.29 Å². The fraction of sp³-hybridized carbons (Fsp3) is 0.333. The summed E-state index contributed by atoms with van der Waals surface area (Å²) >= 11 is 0. The van der Waals surface area contributed by atoms with Crippen LogP contribution in [0, 0.1) is 5.16 Å². The highest BCUT2D eigenvalue weighted by Crippen LogP contribution is 2.09. The Morgan fingerprint density at radius 2 is 2.56 bits per heavy atom. The summed E-state index contributed by atoms with van der Waals surface area (Å²) in [5.41, 5.74) is 5.23. The third-order valence-corrected chi connectivity index (χ3v) is 1.36. The van der Waals surface area contributed by atoms with Crippen LogP contribution in [0.3, 0.4) is 0 Å². The van der Waals surface area contributed by atoms with Crippen molar-refractivity contribution in [2.24, 2.45) is 5.50 Å². The van der Waals surface area contributed by atoms with Gasteiger partial charge in [-0.05, 0) is 0 Å². The van der Waals surface area contributed by atoms with E-state index in [4.69, 9.17) is 10.7 Å². The van der Waals surface area contributed by atoms with Crippen molar-refractivity contribution >= 4 is 7.86 Å². The molecule has 1 aromatic rings. The number of aromatic nitrogens is 3. The van der Waals surface area contributed by atoms with Crippen LogP contribution in [0.1, 0.15) is 0 Å². The van der Waals surface area contributed by atoms with Crippen LogP contribution in [0.15, 0.2) is 12.7 Å². The van der Waals surface area contributed by atoms with Crippen molar-refractivity contribution in [3.8, 4) is 0 Å². The number of hydrogen-bond acceptors (Lipinski definition) is 3. The average Bonchev–Trinajstić information content (AvgIpc) is 2.15. The predicted octanol–water partition coefficient (Wildman–Crippen LogP) is 0.354. The zero-order valence-corrected chi connectivity index (χ0v) is 5.62. The minimum Gasteiger partial charge on any atom is -0.223 e. The molecular weight excluding hydrogens is 137 g/mol. The molecule has 5 nitrogen and oxygen atoms in total. The zero-order chi connectivity index (χ0) is 6.69. The maximum absolute atomic E-state index is 7.01. The molecule has 0 amide bonds. The van der Waals surface area contributed by atoms with Crippen LogP contribution in [-0.2, 0) is 6.29 Å². The van der Waals surface area contributed by atoms with Gasteiger partial charge in [0.25, 0.3) is 0 Å². The smallest absolute Gasteiger partial charge is 0.223 e. The molecule has 0 fully saturated rings. The molecule has 48 valence electrons. The van der Waals surface area contributed by atoms with Gasteiger partial charge in [0.2, 0.25) is 6.29 Å². The molecule has 0 aromatic carbocycles. The molecule has 1 atom stereocenters. The first-order valence-electron chi connectivity index (χ1n) is 2.35. The normalized spacial score (nSPS) is 11.4. The van der Waals surface area contributed by atoms with Gasteiger partial charge in [0.1, 0.15) is 12.7 Å². The minimum atomic E-state index is -1.14. The Morgan fingerprint density at radius 1 is 1.78 bits per heavy atom. The van der Waals surface area contributed by atoms with Crippen LogP contribution in [0.5, 0.6) is 0 Å². The lowest BCUT2D eigenvalue weighted by Gasteiger charge is -1.84. The highest BCUT2D eigenvalue weighted by Gasteiger charge is 2.01. The van der Waals surface area contributed by atoms with E-state index in [2.05, 4.69) is 10.1 Å². The summed E-state index contributed by atoms with van der Waals surface area (Å²) in [4.78, 5) is 3.70. The van der Waals surface area contributed by atoms with E-state index >= 15 is 0 Å². The number of rotatable bonds is 2. The molecular formula is C3H7N5P+. The molecule has 0 bridgehead atoms. The Labute approximate surface area is 53.2 Å².